The molecule has 0 aliphatic heterocycles. The molecule has 0 heterocycles. The van der Waals surface area contributed by atoms with Gasteiger partial charge in [0.1, 0.15) is 0 Å². The highest BCUT2D eigenvalue weighted by Gasteiger charge is 2.41. The summed E-state index contributed by atoms with van der Waals surface area (Å²) in [5, 5.41) is 10.8. The molecule has 0 saturated heterocycles. The number of rotatable bonds is 3. The van der Waals surface area contributed by atoms with E-state index < -0.39 is 17.3 Å². The molecule has 0 bridgehead atoms. The van der Waals surface area contributed by atoms with Gasteiger partial charge in [-0.05, 0) is 61.6 Å². The van der Waals surface area contributed by atoms with Crippen LogP contribution >= 0.6 is 0 Å². The summed E-state index contributed by atoms with van der Waals surface area (Å²) in [6.07, 6.45) is 2.52. The third kappa shape index (κ3) is 3.60. The molecule has 0 amide bonds. The lowest BCUT2D eigenvalue weighted by atomic mass is 9.73. The minimum absolute atomic E-state index is 0.467. The van der Waals surface area contributed by atoms with Crippen LogP contribution in [0, 0.1) is 11.8 Å². The largest absolute Gasteiger partial charge is 0.416 e. The second-order valence-corrected chi connectivity index (χ2v) is 6.79. The molecule has 1 aromatic rings. The maximum Gasteiger partial charge on any atom is 0.416 e. The van der Waals surface area contributed by atoms with Gasteiger partial charge in [-0.15, -0.1) is 0 Å². The van der Waals surface area contributed by atoms with Crippen molar-refractivity contribution in [2.75, 3.05) is 0 Å². The molecule has 0 spiro atoms. The molecule has 1 aromatic carbocycles. The van der Waals surface area contributed by atoms with Crippen LogP contribution in [0.2, 0.25) is 0 Å². The van der Waals surface area contributed by atoms with Crippen LogP contribution < -0.4 is 0 Å². The highest BCUT2D eigenvalue weighted by Crippen LogP contribution is 2.47. The Labute approximate surface area is 123 Å². The zero-order chi connectivity index (χ0) is 15.1. The zero-order valence-electron chi connectivity index (χ0n) is 12.0. The molecule has 116 valence electrons. The lowest BCUT2D eigenvalue weighted by Gasteiger charge is -2.37. The van der Waals surface area contributed by atoms with Crippen LogP contribution in [0.4, 0.5) is 13.2 Å². The number of halogens is 3. The van der Waals surface area contributed by atoms with E-state index >= 15 is 0 Å². The van der Waals surface area contributed by atoms with Gasteiger partial charge in [-0.3, -0.25) is 0 Å². The van der Waals surface area contributed by atoms with Crippen molar-refractivity contribution in [2.24, 2.45) is 11.8 Å². The Hall–Kier alpha value is -1.03. The van der Waals surface area contributed by atoms with Crippen LogP contribution in [-0.4, -0.2) is 10.7 Å². The second-order valence-electron chi connectivity index (χ2n) is 6.79. The van der Waals surface area contributed by atoms with E-state index in [0.717, 1.165) is 42.9 Å². The molecule has 2 aliphatic carbocycles. The summed E-state index contributed by atoms with van der Waals surface area (Å²) in [4.78, 5) is 0. The van der Waals surface area contributed by atoms with Crippen LogP contribution in [0.5, 0.6) is 0 Å². The van der Waals surface area contributed by atoms with Gasteiger partial charge in [0.05, 0.1) is 11.2 Å². The van der Waals surface area contributed by atoms with Crippen molar-refractivity contribution >= 4 is 0 Å². The van der Waals surface area contributed by atoms with Gasteiger partial charge in [0.2, 0.25) is 0 Å². The Bertz CT molecular complexity index is 490. The summed E-state index contributed by atoms with van der Waals surface area (Å²) < 4.78 is 37.7. The highest BCUT2D eigenvalue weighted by molar-refractivity contribution is 5.26. The SMILES string of the molecule is OC1(Cc2ccc(C(F)(F)F)cc2)CCCC(C2CC2)C1. The van der Waals surface area contributed by atoms with Gasteiger partial charge < -0.3 is 5.11 Å². The van der Waals surface area contributed by atoms with Crippen molar-refractivity contribution in [1.82, 2.24) is 0 Å². The van der Waals surface area contributed by atoms with Gasteiger partial charge in [0.25, 0.3) is 0 Å². The van der Waals surface area contributed by atoms with Gasteiger partial charge in [0.15, 0.2) is 0 Å². The summed E-state index contributed by atoms with van der Waals surface area (Å²) in [6, 6.07) is 5.23. The van der Waals surface area contributed by atoms with Crippen LogP contribution in [-0.2, 0) is 12.6 Å². The Morgan fingerprint density at radius 1 is 1.05 bits per heavy atom. The van der Waals surface area contributed by atoms with Gasteiger partial charge in [0, 0.05) is 6.42 Å². The summed E-state index contributed by atoms with van der Waals surface area (Å²) >= 11 is 0. The van der Waals surface area contributed by atoms with E-state index in [1.54, 1.807) is 0 Å². The molecular formula is C17H21F3O. The number of hydrogen-bond acceptors (Lipinski definition) is 1. The Morgan fingerprint density at radius 2 is 1.71 bits per heavy atom. The Kier molecular flexibility index (Phi) is 3.76. The first-order chi connectivity index (χ1) is 9.86. The molecule has 0 radical (unpaired) electrons. The van der Waals surface area contributed by atoms with Gasteiger partial charge in [-0.1, -0.05) is 18.6 Å². The molecule has 0 aromatic heterocycles. The average Bonchev–Trinajstić information content (AvgIpc) is 3.22. The van der Waals surface area contributed by atoms with Crippen LogP contribution in [0.1, 0.15) is 49.7 Å². The summed E-state index contributed by atoms with van der Waals surface area (Å²) in [5.74, 6) is 1.39. The van der Waals surface area contributed by atoms with Gasteiger partial charge in [-0.25, -0.2) is 0 Å². The number of alkyl halides is 3. The molecule has 1 nitrogen and oxygen atoms in total. The fourth-order valence-electron chi connectivity index (χ4n) is 3.71. The fourth-order valence-corrected chi connectivity index (χ4v) is 3.71. The van der Waals surface area contributed by atoms with Crippen LogP contribution in [0.15, 0.2) is 24.3 Å². The van der Waals surface area contributed by atoms with Crippen molar-refractivity contribution in [1.29, 1.82) is 0 Å². The van der Waals surface area contributed by atoms with Gasteiger partial charge in [-0.2, -0.15) is 13.2 Å². The lowest BCUT2D eigenvalue weighted by molar-refractivity contribution is -0.137. The minimum Gasteiger partial charge on any atom is -0.390 e. The van der Waals surface area contributed by atoms with E-state index in [9.17, 15) is 18.3 Å². The third-order valence-corrected chi connectivity index (χ3v) is 4.96. The molecule has 2 atom stereocenters. The Morgan fingerprint density at radius 3 is 2.29 bits per heavy atom. The monoisotopic (exact) mass is 298 g/mol. The predicted molar refractivity (Wildman–Crippen MR) is 74.8 cm³/mol. The highest BCUT2D eigenvalue weighted by atomic mass is 19.4. The summed E-state index contributed by atoms with van der Waals surface area (Å²) in [6.45, 7) is 0. The van der Waals surface area contributed by atoms with Crippen molar-refractivity contribution in [3.05, 3.63) is 35.4 Å². The van der Waals surface area contributed by atoms with Crippen LogP contribution in [0.25, 0.3) is 0 Å². The van der Waals surface area contributed by atoms with E-state index in [1.165, 1.54) is 31.4 Å². The van der Waals surface area contributed by atoms with Crippen LogP contribution in [0.3, 0.4) is 0 Å². The maximum absolute atomic E-state index is 12.6. The smallest absolute Gasteiger partial charge is 0.390 e. The topological polar surface area (TPSA) is 20.2 Å². The van der Waals surface area contributed by atoms with Crippen molar-refractivity contribution in [2.45, 2.75) is 56.7 Å². The number of hydrogen-bond donors (Lipinski definition) is 1. The van der Waals surface area contributed by atoms with E-state index in [0.29, 0.717) is 12.3 Å². The van der Waals surface area contributed by atoms with Crippen molar-refractivity contribution in [3.8, 4) is 0 Å². The van der Waals surface area contributed by atoms with E-state index in [4.69, 9.17) is 0 Å². The average molecular weight is 298 g/mol. The van der Waals surface area contributed by atoms with Crippen molar-refractivity contribution in [3.63, 3.8) is 0 Å². The molecule has 21 heavy (non-hydrogen) atoms. The third-order valence-electron chi connectivity index (χ3n) is 4.96. The summed E-state index contributed by atoms with van der Waals surface area (Å²) in [7, 11) is 0. The fraction of sp³-hybridized carbons (Fsp3) is 0.647. The van der Waals surface area contributed by atoms with E-state index in [2.05, 4.69) is 0 Å². The first kappa shape index (κ1) is 14.9. The van der Waals surface area contributed by atoms with E-state index in [-0.39, 0.29) is 0 Å². The quantitative estimate of drug-likeness (QED) is 0.866. The van der Waals surface area contributed by atoms with Crippen molar-refractivity contribution < 1.29 is 18.3 Å². The normalized spacial score (nSPS) is 30.4. The molecule has 2 unspecified atom stereocenters. The molecule has 4 heteroatoms. The molecule has 1 N–H and O–H groups in total. The summed E-state index contributed by atoms with van der Waals surface area (Å²) in [5.41, 5.74) is -0.565. The van der Waals surface area contributed by atoms with Gasteiger partial charge >= 0.3 is 6.18 Å². The molecular weight excluding hydrogens is 277 g/mol. The minimum atomic E-state index is -4.29. The lowest BCUT2D eigenvalue weighted by Crippen LogP contribution is -2.38. The maximum atomic E-state index is 12.6. The standard InChI is InChI=1S/C17H21F3O/c18-17(19,20)15-7-3-12(4-8-15)10-16(21)9-1-2-14(11-16)13-5-6-13/h3-4,7-8,13-14,21H,1-2,5-6,9-11H2. The first-order valence-corrected chi connectivity index (χ1v) is 7.74. The zero-order valence-corrected chi connectivity index (χ0v) is 12.0. The molecule has 2 fully saturated rings. The Balaban J connectivity index is 1.67. The van der Waals surface area contributed by atoms with E-state index in [1.807, 2.05) is 0 Å². The molecule has 2 saturated carbocycles. The second kappa shape index (κ2) is 5.31. The molecule has 3 rings (SSSR count). The predicted octanol–water partition coefficient (Wildman–Crippen LogP) is 4.58. The first-order valence-electron chi connectivity index (χ1n) is 7.74. The number of benzene rings is 1. The number of aliphatic hydroxyl groups is 1. The molecule has 2 aliphatic rings.